The van der Waals surface area contributed by atoms with E-state index in [0.29, 0.717) is 19.0 Å². The van der Waals surface area contributed by atoms with Gasteiger partial charge in [-0.1, -0.05) is 12.8 Å². The topological polar surface area (TPSA) is 53.5 Å². The first-order valence-corrected chi connectivity index (χ1v) is 9.49. The van der Waals surface area contributed by atoms with Gasteiger partial charge < -0.3 is 9.80 Å². The minimum Gasteiger partial charge on any atom is -0.333 e. The van der Waals surface area contributed by atoms with Gasteiger partial charge in [-0.25, -0.2) is 4.98 Å². The van der Waals surface area contributed by atoms with E-state index in [-0.39, 0.29) is 23.8 Å². The number of rotatable bonds is 5. The van der Waals surface area contributed by atoms with Gasteiger partial charge >= 0.3 is 0 Å². The molecule has 2 amide bonds. The number of carbonyl (C=O) groups excluding carboxylic acids is 2. The third-order valence-corrected chi connectivity index (χ3v) is 6.26. The van der Waals surface area contributed by atoms with Gasteiger partial charge in [0.15, 0.2) is 0 Å². The molecule has 124 valence electrons. The first kappa shape index (κ1) is 15.1. The van der Waals surface area contributed by atoms with Crippen LogP contribution >= 0.6 is 11.3 Å². The number of aromatic nitrogens is 1. The van der Waals surface area contributed by atoms with Crippen LogP contribution in [0.2, 0.25) is 0 Å². The van der Waals surface area contributed by atoms with Crippen LogP contribution in [0, 0.1) is 5.41 Å². The molecule has 0 N–H and O–H groups in total. The summed E-state index contributed by atoms with van der Waals surface area (Å²) >= 11 is 1.59. The van der Waals surface area contributed by atoms with E-state index in [2.05, 4.69) is 4.98 Å². The summed E-state index contributed by atoms with van der Waals surface area (Å²) in [7, 11) is 0. The predicted octanol–water partition coefficient (Wildman–Crippen LogP) is 2.43. The van der Waals surface area contributed by atoms with Crippen molar-refractivity contribution < 1.29 is 9.59 Å². The first-order chi connectivity index (χ1) is 11.2. The van der Waals surface area contributed by atoms with Crippen molar-refractivity contribution in [3.8, 4) is 0 Å². The number of carbonyl (C=O) groups is 2. The molecule has 0 atom stereocenters. The number of thiazole rings is 1. The minimum absolute atomic E-state index is 0.0890. The number of likely N-dealkylation sites (tertiary alicyclic amines) is 1. The zero-order valence-electron chi connectivity index (χ0n) is 13.4. The van der Waals surface area contributed by atoms with Crippen LogP contribution in [0.4, 0.5) is 0 Å². The summed E-state index contributed by atoms with van der Waals surface area (Å²) in [5.74, 6) is 0.261. The van der Waals surface area contributed by atoms with Gasteiger partial charge in [0.25, 0.3) is 0 Å². The molecule has 0 unspecified atom stereocenters. The van der Waals surface area contributed by atoms with E-state index in [4.69, 9.17) is 0 Å². The van der Waals surface area contributed by atoms with Crippen molar-refractivity contribution in [2.75, 3.05) is 13.1 Å². The van der Waals surface area contributed by atoms with Crippen molar-refractivity contribution in [1.29, 1.82) is 0 Å². The normalized spacial score (nSPS) is 23.0. The molecule has 6 heteroatoms. The Labute approximate surface area is 140 Å². The molecule has 0 aromatic carbocycles. The lowest BCUT2D eigenvalue weighted by Crippen LogP contribution is -2.42. The van der Waals surface area contributed by atoms with Gasteiger partial charge in [-0.15, -0.1) is 11.3 Å². The highest BCUT2D eigenvalue weighted by atomic mass is 32.1. The highest BCUT2D eigenvalue weighted by Crippen LogP contribution is 2.45. The fourth-order valence-corrected chi connectivity index (χ4v) is 4.74. The van der Waals surface area contributed by atoms with E-state index in [0.717, 1.165) is 37.2 Å². The number of amides is 2. The third kappa shape index (κ3) is 3.13. The van der Waals surface area contributed by atoms with Crippen LogP contribution in [0.15, 0.2) is 11.6 Å². The Morgan fingerprint density at radius 2 is 2.17 bits per heavy atom. The van der Waals surface area contributed by atoms with Crippen LogP contribution in [0.1, 0.15) is 50.0 Å². The summed E-state index contributed by atoms with van der Waals surface area (Å²) < 4.78 is 0. The van der Waals surface area contributed by atoms with Crippen molar-refractivity contribution in [3.05, 3.63) is 16.6 Å². The third-order valence-electron chi connectivity index (χ3n) is 5.49. The number of hydrogen-bond acceptors (Lipinski definition) is 4. The second-order valence-corrected chi connectivity index (χ2v) is 8.29. The zero-order chi connectivity index (χ0) is 15.9. The largest absolute Gasteiger partial charge is 0.333 e. The smallest absolute Gasteiger partial charge is 0.242 e. The first-order valence-electron chi connectivity index (χ1n) is 8.61. The maximum atomic E-state index is 12.8. The van der Waals surface area contributed by atoms with Crippen molar-refractivity contribution in [1.82, 2.24) is 14.8 Å². The molecule has 1 saturated heterocycles. The number of hydrogen-bond donors (Lipinski definition) is 0. The van der Waals surface area contributed by atoms with Crippen molar-refractivity contribution in [2.45, 2.75) is 57.5 Å². The molecular weight excluding hydrogens is 310 g/mol. The Hall–Kier alpha value is -1.43. The molecule has 2 aliphatic carbocycles. The van der Waals surface area contributed by atoms with Crippen molar-refractivity contribution >= 4 is 23.2 Å². The van der Waals surface area contributed by atoms with Crippen LogP contribution in [0.3, 0.4) is 0 Å². The number of nitrogens with zero attached hydrogens (tertiary/aromatic N) is 3. The molecule has 23 heavy (non-hydrogen) atoms. The lowest BCUT2D eigenvalue weighted by molar-refractivity contribution is -0.139. The Morgan fingerprint density at radius 1 is 1.39 bits per heavy atom. The lowest BCUT2D eigenvalue weighted by Gasteiger charge is -2.26. The van der Waals surface area contributed by atoms with E-state index in [1.807, 2.05) is 15.2 Å². The quantitative estimate of drug-likeness (QED) is 0.831. The Balaban J connectivity index is 1.40. The molecular formula is C17H23N3O2S. The molecule has 2 saturated carbocycles. The minimum atomic E-state index is 0.0890. The SMILES string of the molecule is O=C1CC2(CCCC2)CN1CC(=O)N(Cc1nccs1)C1CC1. The average molecular weight is 333 g/mol. The van der Waals surface area contributed by atoms with Gasteiger partial charge in [0, 0.05) is 30.6 Å². The molecule has 0 radical (unpaired) electrons. The molecule has 1 aromatic heterocycles. The molecule has 4 rings (SSSR count). The van der Waals surface area contributed by atoms with E-state index >= 15 is 0 Å². The Kier molecular flexibility index (Phi) is 3.87. The van der Waals surface area contributed by atoms with Crippen LogP contribution in [-0.4, -0.2) is 45.7 Å². The molecule has 3 aliphatic rings. The van der Waals surface area contributed by atoms with Gasteiger partial charge in [0.05, 0.1) is 13.1 Å². The van der Waals surface area contributed by atoms with Crippen LogP contribution < -0.4 is 0 Å². The summed E-state index contributed by atoms with van der Waals surface area (Å²) in [6, 6.07) is 0.351. The molecule has 1 aliphatic heterocycles. The van der Waals surface area contributed by atoms with Crippen molar-refractivity contribution in [3.63, 3.8) is 0 Å². The monoisotopic (exact) mass is 333 g/mol. The molecule has 1 aromatic rings. The standard InChI is InChI=1S/C17H23N3O2S/c21-15-9-17(5-1-2-6-17)12-19(15)11-16(22)20(13-3-4-13)10-14-18-7-8-23-14/h7-8,13H,1-6,9-12H2. The van der Waals surface area contributed by atoms with Gasteiger partial charge in [0.1, 0.15) is 5.01 Å². The zero-order valence-corrected chi connectivity index (χ0v) is 14.2. The summed E-state index contributed by atoms with van der Waals surface area (Å²) in [6.07, 6.45) is 9.34. The Morgan fingerprint density at radius 3 is 2.83 bits per heavy atom. The molecule has 5 nitrogen and oxygen atoms in total. The Bertz CT molecular complexity index is 591. The summed E-state index contributed by atoms with van der Waals surface area (Å²) in [6.45, 7) is 1.63. The summed E-state index contributed by atoms with van der Waals surface area (Å²) in [5.41, 5.74) is 0.178. The highest BCUT2D eigenvalue weighted by molar-refractivity contribution is 7.09. The fraction of sp³-hybridized carbons (Fsp3) is 0.706. The molecule has 0 bridgehead atoms. The van der Waals surface area contributed by atoms with Crippen molar-refractivity contribution in [2.24, 2.45) is 5.41 Å². The van der Waals surface area contributed by atoms with Gasteiger partial charge in [-0.05, 0) is 31.1 Å². The fourth-order valence-electron chi connectivity index (χ4n) is 4.12. The predicted molar refractivity (Wildman–Crippen MR) is 87.8 cm³/mol. The van der Waals surface area contributed by atoms with Gasteiger partial charge in [-0.3, -0.25) is 9.59 Å². The van der Waals surface area contributed by atoms with Gasteiger partial charge in [-0.2, -0.15) is 0 Å². The highest BCUT2D eigenvalue weighted by Gasteiger charge is 2.45. The van der Waals surface area contributed by atoms with Crippen LogP contribution in [0.25, 0.3) is 0 Å². The van der Waals surface area contributed by atoms with E-state index < -0.39 is 0 Å². The van der Waals surface area contributed by atoms with Crippen LogP contribution in [0.5, 0.6) is 0 Å². The van der Waals surface area contributed by atoms with Crippen LogP contribution in [-0.2, 0) is 16.1 Å². The maximum absolute atomic E-state index is 12.8. The molecule has 1 spiro atoms. The van der Waals surface area contributed by atoms with Gasteiger partial charge in [0.2, 0.25) is 11.8 Å². The van der Waals surface area contributed by atoms with E-state index in [9.17, 15) is 9.59 Å². The van der Waals surface area contributed by atoms with E-state index in [1.165, 1.54) is 12.8 Å². The van der Waals surface area contributed by atoms with E-state index in [1.54, 1.807) is 17.5 Å². The summed E-state index contributed by atoms with van der Waals surface area (Å²) in [4.78, 5) is 33.1. The lowest BCUT2D eigenvalue weighted by atomic mass is 9.85. The second kappa shape index (κ2) is 5.89. The maximum Gasteiger partial charge on any atom is 0.242 e. The molecule has 2 heterocycles. The second-order valence-electron chi connectivity index (χ2n) is 7.31. The summed E-state index contributed by atoms with van der Waals surface area (Å²) in [5, 5.41) is 2.92. The molecule has 3 fully saturated rings. The average Bonchev–Trinajstić information content (AvgIpc) is 2.94.